The molecule has 1 unspecified atom stereocenters. The molecule has 3 aliphatic rings. The van der Waals surface area contributed by atoms with Crippen LogP contribution in [0.2, 0.25) is 0 Å². The molecule has 0 amide bonds. The van der Waals surface area contributed by atoms with Crippen molar-refractivity contribution in [3.63, 3.8) is 0 Å². The number of amidine groups is 1. The van der Waals surface area contributed by atoms with Crippen LogP contribution < -0.4 is 0 Å². The molecule has 3 aliphatic heterocycles. The van der Waals surface area contributed by atoms with Gasteiger partial charge in [-0.15, -0.1) is 0 Å². The average Bonchev–Trinajstić information content (AvgIpc) is 2.80. The van der Waals surface area contributed by atoms with Gasteiger partial charge in [0.1, 0.15) is 18.2 Å². The molecule has 4 heteroatoms. The van der Waals surface area contributed by atoms with Gasteiger partial charge in [0, 0.05) is 0 Å². The highest BCUT2D eigenvalue weighted by Gasteiger charge is 2.25. The second-order valence-electron chi connectivity index (χ2n) is 7.53. The van der Waals surface area contributed by atoms with Crippen LogP contribution in [-0.4, -0.2) is 61.0 Å². The third-order valence-electron chi connectivity index (χ3n) is 5.61. The number of hydrogen-bond acceptors (Lipinski definition) is 4. The van der Waals surface area contributed by atoms with Gasteiger partial charge in [0.15, 0.2) is 0 Å². The first-order valence-corrected chi connectivity index (χ1v) is 10.9. The Morgan fingerprint density at radius 1 is 1.07 bits per heavy atom. The standard InChI is InChI=1S/C22H29N3O.C2H6/c1-18-6-5-9-21-16-25(14-15-26-21)22(23-18)17-24-12-10-20(11-13-24)19-7-3-2-4-8-19;1-2/h2-9,18,20H,10-17H2,1H3;1-2H3/b6-5-,21-9+,23-22?;. The van der Waals surface area contributed by atoms with Gasteiger partial charge < -0.3 is 9.64 Å². The fourth-order valence-corrected chi connectivity index (χ4v) is 4.09. The molecular formula is C24H35N3O. The highest BCUT2D eigenvalue weighted by molar-refractivity contribution is 5.85. The maximum absolute atomic E-state index is 5.78. The molecule has 0 saturated carbocycles. The topological polar surface area (TPSA) is 28.1 Å². The lowest BCUT2D eigenvalue weighted by molar-refractivity contribution is 0.127. The summed E-state index contributed by atoms with van der Waals surface area (Å²) in [5.74, 6) is 2.98. The Labute approximate surface area is 170 Å². The van der Waals surface area contributed by atoms with Crippen molar-refractivity contribution >= 4 is 5.84 Å². The van der Waals surface area contributed by atoms with E-state index < -0.39 is 0 Å². The van der Waals surface area contributed by atoms with Gasteiger partial charge in [-0.2, -0.15) is 0 Å². The van der Waals surface area contributed by atoms with E-state index in [1.54, 1.807) is 0 Å². The van der Waals surface area contributed by atoms with Crippen molar-refractivity contribution in [2.45, 2.75) is 45.6 Å². The molecule has 2 saturated heterocycles. The molecule has 2 fully saturated rings. The van der Waals surface area contributed by atoms with Crippen LogP contribution in [0.3, 0.4) is 0 Å². The Morgan fingerprint density at radius 3 is 2.57 bits per heavy atom. The van der Waals surface area contributed by atoms with Crippen LogP contribution in [0.5, 0.6) is 0 Å². The van der Waals surface area contributed by atoms with Crippen LogP contribution in [0.4, 0.5) is 0 Å². The van der Waals surface area contributed by atoms with Crippen molar-refractivity contribution in [3.8, 4) is 0 Å². The second-order valence-corrected chi connectivity index (χ2v) is 7.53. The third-order valence-corrected chi connectivity index (χ3v) is 5.61. The van der Waals surface area contributed by atoms with Gasteiger partial charge >= 0.3 is 0 Å². The summed E-state index contributed by atoms with van der Waals surface area (Å²) in [6, 6.07) is 11.2. The number of rotatable bonds is 3. The summed E-state index contributed by atoms with van der Waals surface area (Å²) in [7, 11) is 0. The van der Waals surface area contributed by atoms with Crippen molar-refractivity contribution in [1.82, 2.24) is 9.80 Å². The molecule has 4 nitrogen and oxygen atoms in total. The lowest BCUT2D eigenvalue weighted by Gasteiger charge is -2.37. The van der Waals surface area contributed by atoms with Gasteiger partial charge in [0.25, 0.3) is 0 Å². The van der Waals surface area contributed by atoms with Crippen LogP contribution >= 0.6 is 0 Å². The zero-order valence-corrected chi connectivity index (χ0v) is 17.7. The summed E-state index contributed by atoms with van der Waals surface area (Å²) in [4.78, 5) is 9.99. The zero-order chi connectivity index (χ0) is 19.8. The molecule has 1 aromatic carbocycles. The maximum atomic E-state index is 5.78. The summed E-state index contributed by atoms with van der Waals surface area (Å²) >= 11 is 0. The fraction of sp³-hybridized carbons (Fsp3) is 0.542. The number of nitrogens with zero attached hydrogens (tertiary/aromatic N) is 3. The van der Waals surface area contributed by atoms with Crippen LogP contribution in [0, 0.1) is 0 Å². The Hall–Kier alpha value is -2.07. The fourth-order valence-electron chi connectivity index (χ4n) is 4.09. The summed E-state index contributed by atoms with van der Waals surface area (Å²) < 4.78 is 5.78. The highest BCUT2D eigenvalue weighted by atomic mass is 16.5. The number of fused-ring (bicyclic) bond motifs is 2. The van der Waals surface area contributed by atoms with Crippen LogP contribution in [-0.2, 0) is 4.74 Å². The van der Waals surface area contributed by atoms with E-state index >= 15 is 0 Å². The van der Waals surface area contributed by atoms with E-state index in [1.165, 1.54) is 24.2 Å². The monoisotopic (exact) mass is 381 g/mol. The molecular weight excluding hydrogens is 346 g/mol. The summed E-state index contributed by atoms with van der Waals surface area (Å²) in [6.45, 7) is 11.9. The quantitative estimate of drug-likeness (QED) is 0.773. The Bertz CT molecular complexity index is 687. The molecule has 0 spiro atoms. The van der Waals surface area contributed by atoms with Gasteiger partial charge in [-0.1, -0.05) is 56.3 Å². The molecule has 0 radical (unpaired) electrons. The highest BCUT2D eigenvalue weighted by Crippen LogP contribution is 2.28. The number of piperidine rings is 1. The number of aliphatic imine (C=N–C) groups is 1. The number of likely N-dealkylation sites (tertiary alicyclic amines) is 1. The lowest BCUT2D eigenvalue weighted by atomic mass is 9.89. The molecule has 0 aliphatic carbocycles. The van der Waals surface area contributed by atoms with E-state index in [-0.39, 0.29) is 6.04 Å². The van der Waals surface area contributed by atoms with Gasteiger partial charge in [-0.3, -0.25) is 9.89 Å². The van der Waals surface area contributed by atoms with Gasteiger partial charge in [0.2, 0.25) is 0 Å². The van der Waals surface area contributed by atoms with Crippen LogP contribution in [0.25, 0.3) is 0 Å². The normalized spacial score (nSPS) is 26.2. The molecule has 0 N–H and O–H groups in total. The first-order chi connectivity index (χ1) is 13.8. The van der Waals surface area contributed by atoms with Gasteiger partial charge in [0.05, 0.1) is 25.7 Å². The Morgan fingerprint density at radius 2 is 1.82 bits per heavy atom. The molecule has 1 aromatic rings. The number of allylic oxidation sites excluding steroid dienone is 2. The van der Waals surface area contributed by atoms with Crippen molar-refractivity contribution in [1.29, 1.82) is 0 Å². The largest absolute Gasteiger partial charge is 0.494 e. The van der Waals surface area contributed by atoms with Crippen LogP contribution in [0.1, 0.15) is 45.1 Å². The average molecular weight is 382 g/mol. The minimum absolute atomic E-state index is 0.211. The summed E-state index contributed by atoms with van der Waals surface area (Å²) in [5.41, 5.74) is 1.49. The lowest BCUT2D eigenvalue weighted by Crippen LogP contribution is -2.47. The van der Waals surface area contributed by atoms with E-state index in [1.807, 2.05) is 13.8 Å². The minimum Gasteiger partial charge on any atom is -0.494 e. The Balaban J connectivity index is 0.00000109. The molecule has 0 aromatic heterocycles. The maximum Gasteiger partial charge on any atom is 0.115 e. The minimum atomic E-state index is 0.211. The van der Waals surface area contributed by atoms with E-state index in [0.717, 1.165) is 45.1 Å². The van der Waals surface area contributed by atoms with Gasteiger partial charge in [-0.05, 0) is 50.4 Å². The van der Waals surface area contributed by atoms with Crippen molar-refractivity contribution < 1.29 is 4.74 Å². The van der Waals surface area contributed by atoms with Crippen molar-refractivity contribution in [3.05, 3.63) is 59.9 Å². The van der Waals surface area contributed by atoms with Gasteiger partial charge in [-0.25, -0.2) is 0 Å². The van der Waals surface area contributed by atoms with E-state index in [4.69, 9.17) is 9.73 Å². The molecule has 152 valence electrons. The van der Waals surface area contributed by atoms with Crippen molar-refractivity contribution in [2.24, 2.45) is 4.99 Å². The number of benzene rings is 1. The number of hydrogen-bond donors (Lipinski definition) is 0. The predicted octanol–water partition coefficient (Wildman–Crippen LogP) is 4.47. The van der Waals surface area contributed by atoms with E-state index in [9.17, 15) is 0 Å². The molecule has 1 atom stereocenters. The van der Waals surface area contributed by atoms with Crippen LogP contribution in [0.15, 0.2) is 59.3 Å². The predicted molar refractivity (Wildman–Crippen MR) is 118 cm³/mol. The molecule has 28 heavy (non-hydrogen) atoms. The number of morpholine rings is 1. The zero-order valence-electron chi connectivity index (χ0n) is 17.7. The van der Waals surface area contributed by atoms with Crippen molar-refractivity contribution in [2.75, 3.05) is 39.3 Å². The molecule has 2 bridgehead atoms. The summed E-state index contributed by atoms with van der Waals surface area (Å²) in [6.07, 6.45) is 8.80. The second kappa shape index (κ2) is 10.5. The SMILES string of the molecule is CC.CC1/C=C\C=C2/CN(CCO2)C(CN2CCC(c3ccccc3)CC2)=N1. The first kappa shape index (κ1) is 20.7. The van der Waals surface area contributed by atoms with E-state index in [2.05, 4.69) is 65.3 Å². The summed E-state index contributed by atoms with van der Waals surface area (Å²) in [5, 5.41) is 0. The molecule has 4 rings (SSSR count). The van der Waals surface area contributed by atoms with E-state index in [0.29, 0.717) is 5.92 Å². The molecule has 3 heterocycles. The smallest absolute Gasteiger partial charge is 0.115 e. The third kappa shape index (κ3) is 5.48. The Kier molecular flexibility index (Phi) is 7.72. The first-order valence-electron chi connectivity index (χ1n) is 10.9. The number of ether oxygens (including phenoxy) is 1.